The monoisotopic (exact) mass is 687 g/mol. The summed E-state index contributed by atoms with van der Waals surface area (Å²) < 4.78 is 45.3. The van der Waals surface area contributed by atoms with Gasteiger partial charge in [0.15, 0.2) is 17.7 Å². The molecule has 1 aliphatic heterocycles. The van der Waals surface area contributed by atoms with Gasteiger partial charge in [-0.05, 0) is 0 Å². The molecule has 23 heteroatoms. The maximum absolute atomic E-state index is 12.4. The Kier molecular flexibility index (Phi) is 12.3. The van der Waals surface area contributed by atoms with Gasteiger partial charge in [-0.3, -0.25) is 23.2 Å². The molecule has 20 nitrogen and oxygen atoms in total. The summed E-state index contributed by atoms with van der Waals surface area (Å²) in [6.07, 6.45) is -5.39. The summed E-state index contributed by atoms with van der Waals surface area (Å²) in [4.78, 5) is 55.7. The fraction of sp³-hybridized carbons (Fsp3) is 0.667. The molecule has 2 aromatic heterocycles. The number of ether oxygens (including phenoxy) is 1. The zero-order valence-electron chi connectivity index (χ0n) is 23.5. The van der Waals surface area contributed by atoms with Crippen LogP contribution in [0.25, 0.3) is 11.2 Å². The van der Waals surface area contributed by atoms with Crippen molar-refractivity contribution in [1.29, 1.82) is 0 Å². The van der Waals surface area contributed by atoms with Crippen molar-refractivity contribution in [2.24, 2.45) is 5.41 Å². The zero-order valence-corrected chi connectivity index (χ0v) is 26.2. The van der Waals surface area contributed by atoms with Gasteiger partial charge in [0.25, 0.3) is 0 Å². The first kappa shape index (κ1) is 36.2. The van der Waals surface area contributed by atoms with E-state index in [2.05, 4.69) is 42.5 Å². The highest BCUT2D eigenvalue weighted by atomic mass is 32.1. The van der Waals surface area contributed by atoms with Gasteiger partial charge in [0.1, 0.15) is 36.3 Å². The van der Waals surface area contributed by atoms with Gasteiger partial charge in [0.05, 0.1) is 19.5 Å². The van der Waals surface area contributed by atoms with Crippen molar-refractivity contribution in [3.05, 3.63) is 12.7 Å². The van der Waals surface area contributed by atoms with Gasteiger partial charge in [0, 0.05) is 30.7 Å². The lowest BCUT2D eigenvalue weighted by atomic mass is 9.87. The molecule has 0 bridgehead atoms. The molecule has 3 rings (SSSR count). The SMILES string of the molecule is CC(C)(COP(=O)(O)OP(=O)(O)OC[C@H]1O[C@@H](n2cnc3c(N)ncnc32)[C@H](O)[C@@H]1O)C(O)C(=O)NCCC(=O)NCCS. The molecule has 0 aromatic carbocycles. The third-order valence-corrected chi connectivity index (χ3v) is 9.09. The number of imidazole rings is 1. The van der Waals surface area contributed by atoms with E-state index in [-0.39, 0.29) is 35.9 Å². The van der Waals surface area contributed by atoms with Crippen molar-refractivity contribution >= 4 is 57.1 Å². The number of phosphoric acid groups is 2. The number of nitrogens with zero attached hydrogens (tertiary/aromatic N) is 4. The van der Waals surface area contributed by atoms with Crippen LogP contribution in [-0.2, 0) is 36.8 Å². The highest BCUT2D eigenvalue weighted by Crippen LogP contribution is 2.61. The third kappa shape index (κ3) is 9.38. The Hall–Kier alpha value is -2.26. The van der Waals surface area contributed by atoms with Gasteiger partial charge < -0.3 is 46.2 Å². The predicted octanol–water partition coefficient (Wildman–Crippen LogP) is -1.78. The van der Waals surface area contributed by atoms with Crippen LogP contribution in [0.2, 0.25) is 0 Å². The van der Waals surface area contributed by atoms with Gasteiger partial charge >= 0.3 is 15.6 Å². The highest BCUT2D eigenvalue weighted by Gasteiger charge is 2.46. The summed E-state index contributed by atoms with van der Waals surface area (Å²) in [6, 6.07) is 0. The molecular formula is C21H35N7O13P2S. The average molecular weight is 688 g/mol. The molecule has 2 aromatic rings. The molecule has 0 saturated carbocycles. The number of amides is 2. The lowest BCUT2D eigenvalue weighted by Gasteiger charge is -2.30. The molecule has 1 fully saturated rings. The smallest absolute Gasteiger partial charge is 0.387 e. The number of aliphatic hydroxyl groups excluding tert-OH is 3. The number of anilines is 1. The number of carbonyl (C=O) groups excluding carboxylic acids is 2. The molecule has 0 spiro atoms. The zero-order chi connectivity index (χ0) is 32.9. The van der Waals surface area contributed by atoms with Crippen molar-refractivity contribution in [3.63, 3.8) is 0 Å². The molecule has 3 heterocycles. The van der Waals surface area contributed by atoms with Gasteiger partial charge in [-0.1, -0.05) is 13.8 Å². The number of thiol groups is 1. The number of aromatic nitrogens is 4. The van der Waals surface area contributed by atoms with Gasteiger partial charge in [-0.25, -0.2) is 24.1 Å². The summed E-state index contributed by atoms with van der Waals surface area (Å²) in [6.45, 7) is 1.16. The van der Waals surface area contributed by atoms with Crippen LogP contribution in [0.1, 0.15) is 26.5 Å². The normalized spacial score (nSPS) is 24.0. The van der Waals surface area contributed by atoms with Crippen molar-refractivity contribution in [2.75, 3.05) is 37.8 Å². The van der Waals surface area contributed by atoms with Crippen LogP contribution in [0.15, 0.2) is 12.7 Å². The molecule has 9 N–H and O–H groups in total. The molecule has 44 heavy (non-hydrogen) atoms. The number of phosphoric ester groups is 2. The molecule has 2 amide bonds. The second-order valence-electron chi connectivity index (χ2n) is 10.2. The van der Waals surface area contributed by atoms with E-state index in [1.54, 1.807) is 0 Å². The molecule has 0 radical (unpaired) electrons. The highest BCUT2D eigenvalue weighted by molar-refractivity contribution is 7.80. The largest absolute Gasteiger partial charge is 0.481 e. The summed E-state index contributed by atoms with van der Waals surface area (Å²) in [5.41, 5.74) is 4.60. The maximum atomic E-state index is 12.4. The summed E-state index contributed by atoms with van der Waals surface area (Å²) >= 11 is 3.96. The standard InChI is InChI=1S/C21H35N7O13P2S/c1-21(2,16(32)19(33)24-4-3-12(29)23-5-6-44)8-39-43(36,37)41-42(34,35)38-7-11-14(30)15(31)20(40-11)28-10-27-13-17(22)25-9-26-18(13)28/h9-11,14-16,20,30-32,44H,3-8H2,1-2H3,(H,23,29)(H,24,33)(H,34,35)(H,36,37)(H2,22,25,26)/t11-,14-,15-,16?,20-/m1/s1. The van der Waals surface area contributed by atoms with Gasteiger partial charge in [-0.15, -0.1) is 0 Å². The Labute approximate surface area is 255 Å². The van der Waals surface area contributed by atoms with Gasteiger partial charge in [-0.2, -0.15) is 16.9 Å². The molecular weight excluding hydrogens is 652 g/mol. The van der Waals surface area contributed by atoms with Crippen LogP contribution in [0.4, 0.5) is 5.82 Å². The number of rotatable bonds is 16. The quantitative estimate of drug-likeness (QED) is 0.0696. The van der Waals surface area contributed by atoms with Crippen molar-refractivity contribution < 1.29 is 61.9 Å². The second kappa shape index (κ2) is 14.9. The van der Waals surface area contributed by atoms with E-state index in [1.165, 1.54) is 24.7 Å². The topological polar surface area (TPSA) is 300 Å². The summed E-state index contributed by atoms with van der Waals surface area (Å²) in [5, 5.41) is 36.2. The summed E-state index contributed by atoms with van der Waals surface area (Å²) in [7, 11) is -10.7. The minimum absolute atomic E-state index is 0.0540. The maximum Gasteiger partial charge on any atom is 0.481 e. The molecule has 1 saturated heterocycles. The molecule has 248 valence electrons. The fourth-order valence-corrected chi connectivity index (χ4v) is 6.22. The van der Waals surface area contributed by atoms with E-state index in [4.69, 9.17) is 19.5 Å². The molecule has 1 aliphatic rings. The third-order valence-electron chi connectivity index (χ3n) is 6.28. The number of hydrogen-bond donors (Lipinski definition) is 9. The van der Waals surface area contributed by atoms with Crippen molar-refractivity contribution in [2.45, 2.75) is 50.9 Å². The van der Waals surface area contributed by atoms with Crippen LogP contribution in [0.3, 0.4) is 0 Å². The number of nitrogens with two attached hydrogens (primary N) is 1. The van der Waals surface area contributed by atoms with E-state index in [0.717, 1.165) is 6.33 Å². The van der Waals surface area contributed by atoms with E-state index >= 15 is 0 Å². The lowest BCUT2D eigenvalue weighted by molar-refractivity contribution is -0.137. The molecule has 0 aliphatic carbocycles. The number of hydrogen-bond acceptors (Lipinski definition) is 16. The van der Waals surface area contributed by atoms with Crippen LogP contribution >= 0.6 is 28.3 Å². The lowest BCUT2D eigenvalue weighted by Crippen LogP contribution is -2.46. The average Bonchev–Trinajstić information content (AvgIpc) is 3.50. The summed E-state index contributed by atoms with van der Waals surface area (Å²) in [5.74, 6) is -0.760. The van der Waals surface area contributed by atoms with Crippen LogP contribution in [0, 0.1) is 5.41 Å². The van der Waals surface area contributed by atoms with Crippen LogP contribution < -0.4 is 16.4 Å². The predicted molar refractivity (Wildman–Crippen MR) is 153 cm³/mol. The molecule has 3 unspecified atom stereocenters. The Balaban J connectivity index is 1.50. The molecule has 7 atom stereocenters. The number of fused-ring (bicyclic) bond motifs is 1. The Morgan fingerprint density at radius 1 is 1.14 bits per heavy atom. The Morgan fingerprint density at radius 2 is 1.82 bits per heavy atom. The first-order chi connectivity index (χ1) is 20.5. The van der Waals surface area contributed by atoms with Crippen LogP contribution in [-0.4, -0.2) is 113 Å². The number of aliphatic hydroxyl groups is 3. The van der Waals surface area contributed by atoms with E-state index in [0.29, 0.717) is 12.3 Å². The minimum atomic E-state index is -5.35. The van der Waals surface area contributed by atoms with Crippen molar-refractivity contribution in [1.82, 2.24) is 30.2 Å². The Morgan fingerprint density at radius 3 is 2.50 bits per heavy atom. The fourth-order valence-electron chi connectivity index (χ4n) is 3.86. The van der Waals surface area contributed by atoms with Crippen molar-refractivity contribution in [3.8, 4) is 0 Å². The van der Waals surface area contributed by atoms with E-state index in [9.17, 15) is 43.8 Å². The second-order valence-corrected chi connectivity index (χ2v) is 13.7. The van der Waals surface area contributed by atoms with Crippen LogP contribution in [0.5, 0.6) is 0 Å². The Bertz CT molecular complexity index is 1420. The van der Waals surface area contributed by atoms with Gasteiger partial charge in [0.2, 0.25) is 11.8 Å². The number of nitrogens with one attached hydrogen (secondary N) is 2. The van der Waals surface area contributed by atoms with E-state index < -0.39 is 70.8 Å². The minimum Gasteiger partial charge on any atom is -0.387 e. The number of carbonyl (C=O) groups is 2. The van der Waals surface area contributed by atoms with E-state index in [1.807, 2.05) is 0 Å². The first-order valence-corrected chi connectivity index (χ1v) is 16.5. The number of nitrogen functional groups attached to an aromatic ring is 1. The first-order valence-electron chi connectivity index (χ1n) is 12.9.